The van der Waals surface area contributed by atoms with Crippen LogP contribution in [0.3, 0.4) is 0 Å². The number of carbonyl (C=O) groups excluding carboxylic acids is 2. The molecule has 7 nitrogen and oxygen atoms in total. The van der Waals surface area contributed by atoms with Crippen LogP contribution in [0.25, 0.3) is 0 Å². The van der Waals surface area contributed by atoms with Crippen molar-refractivity contribution in [2.45, 2.75) is 121 Å². The largest absolute Gasteiger partial charge is 0.504 e. The molecule has 4 aliphatic carbocycles. The number of Topliss-reactive ketones (excluding diaryl/α,β-unsaturated/α-hetero) is 2. The predicted molar refractivity (Wildman–Crippen MR) is 168 cm³/mol. The van der Waals surface area contributed by atoms with Crippen LogP contribution in [0.2, 0.25) is 0 Å². The molecule has 4 fully saturated rings. The lowest BCUT2D eigenvalue weighted by Crippen LogP contribution is -2.53. The SMILES string of the molecule is COc1cc2c(cc1O)[C@H](CCCO)C#C[C@]1(CC[C@@H](CC3([C@@H]4CN[C@@H]5CC(=O)CC[C@H]5C4)CCCC3)C[C@H]1O)C(=O)CC2. The first-order valence-corrected chi connectivity index (χ1v) is 17.3. The van der Waals surface area contributed by atoms with E-state index in [9.17, 15) is 24.9 Å². The highest BCUT2D eigenvalue weighted by Crippen LogP contribution is 2.55. The van der Waals surface area contributed by atoms with Crippen molar-refractivity contribution in [2.75, 3.05) is 20.3 Å². The molecule has 0 unspecified atom stereocenters. The van der Waals surface area contributed by atoms with Gasteiger partial charge < -0.3 is 25.4 Å². The molecule has 1 aromatic carbocycles. The molecule has 0 amide bonds. The quantitative estimate of drug-likeness (QED) is 0.315. The number of rotatable bonds is 7. The first-order chi connectivity index (χ1) is 21.3. The van der Waals surface area contributed by atoms with E-state index >= 15 is 0 Å². The molecule has 7 atom stereocenters. The number of phenols is 1. The molecule has 0 bridgehead atoms. The lowest BCUT2D eigenvalue weighted by molar-refractivity contribution is -0.135. The Morgan fingerprint density at radius 3 is 2.64 bits per heavy atom. The highest BCUT2D eigenvalue weighted by molar-refractivity contribution is 5.89. The highest BCUT2D eigenvalue weighted by Gasteiger charge is 2.51. The molecule has 0 radical (unpaired) electrons. The Labute approximate surface area is 262 Å². The average Bonchev–Trinajstić information content (AvgIpc) is 3.51. The molecule has 5 aliphatic rings. The second kappa shape index (κ2) is 13.1. The van der Waals surface area contributed by atoms with E-state index in [4.69, 9.17) is 4.74 Å². The molecule has 1 aromatic rings. The summed E-state index contributed by atoms with van der Waals surface area (Å²) in [6.45, 7) is 1.04. The van der Waals surface area contributed by atoms with E-state index in [2.05, 4.69) is 17.2 Å². The van der Waals surface area contributed by atoms with Gasteiger partial charge in [-0.25, -0.2) is 0 Å². The van der Waals surface area contributed by atoms with E-state index < -0.39 is 11.5 Å². The summed E-state index contributed by atoms with van der Waals surface area (Å²) in [4.78, 5) is 26.0. The Balaban J connectivity index is 1.20. The maximum Gasteiger partial charge on any atom is 0.160 e. The number of hydrogen-bond donors (Lipinski definition) is 4. The number of aliphatic hydroxyl groups is 2. The van der Waals surface area contributed by atoms with Crippen molar-refractivity contribution in [1.82, 2.24) is 5.32 Å². The van der Waals surface area contributed by atoms with Crippen molar-refractivity contribution in [1.29, 1.82) is 0 Å². The second-order valence-corrected chi connectivity index (χ2v) is 14.7. The Morgan fingerprint density at radius 1 is 1.07 bits per heavy atom. The van der Waals surface area contributed by atoms with E-state index in [1.165, 1.54) is 39.2 Å². The summed E-state index contributed by atoms with van der Waals surface area (Å²) in [5.41, 5.74) is 1.02. The third kappa shape index (κ3) is 6.07. The summed E-state index contributed by atoms with van der Waals surface area (Å²) in [6.07, 6.45) is 13.0. The normalized spacial score (nSPS) is 35.1. The minimum atomic E-state index is -1.07. The number of ether oxygens (including phenoxy) is 1. The zero-order valence-electron chi connectivity index (χ0n) is 26.4. The van der Waals surface area contributed by atoms with Crippen LogP contribution in [0.1, 0.15) is 113 Å². The molecule has 1 heterocycles. The molecular formula is C37H51NO6. The van der Waals surface area contributed by atoms with Gasteiger partial charge in [0.05, 0.1) is 13.2 Å². The molecule has 1 saturated heterocycles. The minimum Gasteiger partial charge on any atom is -0.504 e. The van der Waals surface area contributed by atoms with Crippen molar-refractivity contribution in [2.24, 2.45) is 28.6 Å². The number of fused-ring (bicyclic) bond motifs is 2. The zero-order chi connectivity index (χ0) is 30.9. The lowest BCUT2D eigenvalue weighted by atomic mass is 9.58. The van der Waals surface area contributed by atoms with Gasteiger partial charge in [0.15, 0.2) is 17.3 Å². The predicted octanol–water partition coefficient (Wildman–Crippen LogP) is 5.22. The Morgan fingerprint density at radius 2 is 1.89 bits per heavy atom. The smallest absolute Gasteiger partial charge is 0.160 e. The van der Waals surface area contributed by atoms with Crippen molar-refractivity contribution < 1.29 is 29.6 Å². The maximum atomic E-state index is 14.0. The van der Waals surface area contributed by atoms with Gasteiger partial charge in [-0.1, -0.05) is 24.7 Å². The Hall–Kier alpha value is -2.40. The number of aromatic hydroxyl groups is 1. The van der Waals surface area contributed by atoms with E-state index in [1.807, 2.05) is 6.07 Å². The van der Waals surface area contributed by atoms with Gasteiger partial charge >= 0.3 is 0 Å². The first kappa shape index (κ1) is 31.6. The van der Waals surface area contributed by atoms with Gasteiger partial charge in [-0.05, 0) is 124 Å². The van der Waals surface area contributed by atoms with Gasteiger partial charge in [-0.2, -0.15) is 0 Å². The standard InChI is InChI=1S/C37H51NO6/c1-44-33-19-26-7-9-34(42)37(15-11-25(5-4-16-39)30(26)21-32(33)41)14-10-24(17-35(37)43)22-36(12-2-3-13-36)28-18-27-6-8-29(40)20-31(27)38-23-28/h19,21,24-25,27-28,31,35,38-39,41,43H,2-10,12-14,16-18,20,22-23H2,1H3/t24-,25-,27+,28+,31-,35-,37-/m1/s1. The molecule has 240 valence electrons. The van der Waals surface area contributed by atoms with Gasteiger partial charge in [-0.3, -0.25) is 9.59 Å². The second-order valence-electron chi connectivity index (χ2n) is 14.7. The summed E-state index contributed by atoms with van der Waals surface area (Å²) < 4.78 is 5.36. The van der Waals surface area contributed by atoms with E-state index in [-0.39, 0.29) is 35.9 Å². The number of aryl methyl sites for hydroxylation is 1. The molecule has 6 rings (SSSR count). The third-order valence-electron chi connectivity index (χ3n) is 12.3. The molecule has 7 heteroatoms. The number of nitrogens with one attached hydrogen (secondary N) is 1. The van der Waals surface area contributed by atoms with Crippen molar-refractivity contribution >= 4 is 11.6 Å². The number of hydrogen-bond acceptors (Lipinski definition) is 7. The molecular weight excluding hydrogens is 554 g/mol. The van der Waals surface area contributed by atoms with Crippen molar-refractivity contribution in [3.05, 3.63) is 23.3 Å². The van der Waals surface area contributed by atoms with E-state index in [0.29, 0.717) is 73.9 Å². The Kier molecular flexibility index (Phi) is 9.43. The number of aliphatic hydroxyl groups excluding tert-OH is 2. The summed E-state index contributed by atoms with van der Waals surface area (Å²) in [5, 5.41) is 35.8. The number of carbonyl (C=O) groups is 2. The monoisotopic (exact) mass is 605 g/mol. The third-order valence-corrected chi connectivity index (χ3v) is 12.3. The van der Waals surface area contributed by atoms with Gasteiger partial charge in [0.1, 0.15) is 11.2 Å². The van der Waals surface area contributed by atoms with Gasteiger partial charge in [-0.15, -0.1) is 0 Å². The molecule has 3 saturated carbocycles. The van der Waals surface area contributed by atoms with E-state index in [0.717, 1.165) is 43.4 Å². The number of piperidine rings is 1. The summed E-state index contributed by atoms with van der Waals surface area (Å²) in [6, 6.07) is 3.87. The number of ketones is 2. The summed E-state index contributed by atoms with van der Waals surface area (Å²) >= 11 is 0. The summed E-state index contributed by atoms with van der Waals surface area (Å²) in [7, 11) is 1.52. The van der Waals surface area contributed by atoms with Crippen molar-refractivity contribution in [3.8, 4) is 23.3 Å². The van der Waals surface area contributed by atoms with Crippen LogP contribution in [0.5, 0.6) is 11.5 Å². The van der Waals surface area contributed by atoms with Gasteiger partial charge in [0, 0.05) is 37.8 Å². The van der Waals surface area contributed by atoms with Crippen LogP contribution in [-0.2, 0) is 16.0 Å². The Bertz CT molecular complexity index is 1290. The van der Waals surface area contributed by atoms with Crippen LogP contribution < -0.4 is 10.1 Å². The van der Waals surface area contributed by atoms with E-state index in [1.54, 1.807) is 6.07 Å². The van der Waals surface area contributed by atoms with Crippen LogP contribution in [-0.4, -0.2) is 59.3 Å². The zero-order valence-corrected chi connectivity index (χ0v) is 26.4. The van der Waals surface area contributed by atoms with Crippen LogP contribution >= 0.6 is 0 Å². The minimum absolute atomic E-state index is 0.0155. The average molecular weight is 606 g/mol. The van der Waals surface area contributed by atoms with Crippen molar-refractivity contribution in [3.63, 3.8) is 0 Å². The van der Waals surface area contributed by atoms with Crippen LogP contribution in [0.15, 0.2) is 12.1 Å². The fraction of sp³-hybridized carbons (Fsp3) is 0.730. The molecule has 1 spiro atoms. The number of methoxy groups -OCH3 is 1. The molecule has 0 aromatic heterocycles. The molecule has 44 heavy (non-hydrogen) atoms. The van der Waals surface area contributed by atoms with Gasteiger partial charge in [0.25, 0.3) is 0 Å². The fourth-order valence-corrected chi connectivity index (χ4v) is 9.80. The maximum absolute atomic E-state index is 14.0. The summed E-state index contributed by atoms with van der Waals surface area (Å²) in [5.74, 6) is 8.92. The molecule has 1 aliphatic heterocycles. The molecule has 4 N–H and O–H groups in total. The fourth-order valence-electron chi connectivity index (χ4n) is 9.80. The van der Waals surface area contributed by atoms with Crippen LogP contribution in [0, 0.1) is 40.4 Å². The van der Waals surface area contributed by atoms with Gasteiger partial charge in [0.2, 0.25) is 0 Å². The number of benzene rings is 1. The van der Waals surface area contributed by atoms with Crippen LogP contribution in [0.4, 0.5) is 0 Å². The first-order valence-electron chi connectivity index (χ1n) is 17.3. The topological polar surface area (TPSA) is 116 Å². The highest BCUT2D eigenvalue weighted by atomic mass is 16.5. The lowest BCUT2D eigenvalue weighted by Gasteiger charge is -2.49. The number of phenolic OH excluding ortho intramolecular Hbond substituents is 1.